The summed E-state index contributed by atoms with van der Waals surface area (Å²) in [6, 6.07) is 0. The van der Waals surface area contributed by atoms with Crippen LogP contribution in [0.2, 0.25) is 0 Å². The van der Waals surface area contributed by atoms with Crippen LogP contribution in [0.25, 0.3) is 0 Å². The summed E-state index contributed by atoms with van der Waals surface area (Å²) in [5, 5.41) is 0. The lowest BCUT2D eigenvalue weighted by atomic mass is 9.86. The molecule has 0 bridgehead atoms. The Morgan fingerprint density at radius 1 is 1.32 bits per heavy atom. The summed E-state index contributed by atoms with van der Waals surface area (Å²) in [5.41, 5.74) is -0.738. The van der Waals surface area contributed by atoms with E-state index in [1.807, 2.05) is 11.5 Å². The first-order chi connectivity index (χ1) is 10.3. The molecule has 0 saturated carbocycles. The Kier molecular flexibility index (Phi) is 4.91. The van der Waals surface area contributed by atoms with E-state index < -0.39 is 15.6 Å². The largest absolute Gasteiger partial charge is 0.347 e. The lowest BCUT2D eigenvalue weighted by molar-refractivity contribution is -0.140. The Balaban J connectivity index is 2.25. The lowest BCUT2D eigenvalue weighted by Crippen LogP contribution is -2.55. The van der Waals surface area contributed by atoms with Crippen LogP contribution in [0.5, 0.6) is 0 Å². The highest BCUT2D eigenvalue weighted by Crippen LogP contribution is 2.33. The van der Waals surface area contributed by atoms with E-state index in [0.717, 1.165) is 0 Å². The van der Waals surface area contributed by atoms with Gasteiger partial charge in [-0.1, -0.05) is 6.92 Å². The summed E-state index contributed by atoms with van der Waals surface area (Å²) in [6.07, 6.45) is 6.58. The highest BCUT2D eigenvalue weighted by molar-refractivity contribution is 7.89. The van der Waals surface area contributed by atoms with Gasteiger partial charge in [0.15, 0.2) is 0 Å². The average Bonchev–Trinajstić information content (AvgIpc) is 3.01. The third-order valence-corrected chi connectivity index (χ3v) is 6.28. The van der Waals surface area contributed by atoms with Crippen molar-refractivity contribution in [1.29, 1.82) is 0 Å². The van der Waals surface area contributed by atoms with Gasteiger partial charge in [0.1, 0.15) is 5.54 Å². The topological polar surface area (TPSA) is 75.5 Å². The standard InChI is InChI=1S/C14H24N4O3S/c1-4-11-22(20,21)18-8-5-14(6-9-18,13(19)16(2)3)17-10-7-15-12-17/h7,10,12H,4-6,8-9,11H2,1-3H3. The van der Waals surface area contributed by atoms with E-state index in [9.17, 15) is 13.2 Å². The number of carbonyl (C=O) groups is 1. The molecule has 1 aromatic rings. The predicted octanol–water partition coefficient (Wildman–Crippen LogP) is 0.502. The summed E-state index contributed by atoms with van der Waals surface area (Å²) in [6.45, 7) is 2.58. The normalized spacial score (nSPS) is 19.0. The average molecular weight is 328 g/mol. The van der Waals surface area contributed by atoms with Crippen LogP contribution in [0.15, 0.2) is 18.7 Å². The molecule has 1 aliphatic rings. The van der Waals surface area contributed by atoms with Gasteiger partial charge in [-0.05, 0) is 19.3 Å². The van der Waals surface area contributed by atoms with Crippen molar-refractivity contribution >= 4 is 15.9 Å². The molecule has 0 radical (unpaired) electrons. The number of piperidine rings is 1. The van der Waals surface area contributed by atoms with Crippen LogP contribution in [-0.2, 0) is 20.4 Å². The maximum atomic E-state index is 12.7. The zero-order chi connectivity index (χ0) is 16.4. The van der Waals surface area contributed by atoms with Crippen molar-refractivity contribution in [3.63, 3.8) is 0 Å². The number of sulfonamides is 1. The molecule has 1 saturated heterocycles. The fourth-order valence-corrected chi connectivity index (χ4v) is 4.55. The first kappa shape index (κ1) is 17.0. The third kappa shape index (κ3) is 3.03. The van der Waals surface area contributed by atoms with Crippen LogP contribution in [0.4, 0.5) is 0 Å². The minimum atomic E-state index is -3.21. The van der Waals surface area contributed by atoms with Gasteiger partial charge in [-0.3, -0.25) is 4.79 Å². The molecule has 2 heterocycles. The van der Waals surface area contributed by atoms with Crippen molar-refractivity contribution in [3.8, 4) is 0 Å². The van der Waals surface area contributed by atoms with Gasteiger partial charge >= 0.3 is 0 Å². The van der Waals surface area contributed by atoms with Gasteiger partial charge in [0.05, 0.1) is 12.1 Å². The number of imidazole rings is 1. The summed E-state index contributed by atoms with van der Waals surface area (Å²) >= 11 is 0. The number of hydrogen-bond acceptors (Lipinski definition) is 4. The van der Waals surface area contributed by atoms with Crippen LogP contribution in [-0.4, -0.2) is 66.0 Å². The Morgan fingerprint density at radius 2 is 1.95 bits per heavy atom. The smallest absolute Gasteiger partial charge is 0.248 e. The molecule has 1 aliphatic heterocycles. The molecule has 1 fully saturated rings. The lowest BCUT2D eigenvalue weighted by Gasteiger charge is -2.42. The number of carbonyl (C=O) groups excluding carboxylic acids is 1. The fraction of sp³-hybridized carbons (Fsp3) is 0.714. The second kappa shape index (κ2) is 6.37. The number of likely N-dealkylation sites (N-methyl/N-ethyl adjacent to an activating group) is 1. The summed E-state index contributed by atoms with van der Waals surface area (Å²) in [7, 11) is 0.232. The molecule has 7 nitrogen and oxygen atoms in total. The van der Waals surface area contributed by atoms with E-state index in [1.54, 1.807) is 37.7 Å². The molecule has 8 heteroatoms. The van der Waals surface area contributed by atoms with E-state index in [4.69, 9.17) is 0 Å². The molecule has 0 unspecified atom stereocenters. The molecule has 0 aliphatic carbocycles. The molecule has 1 amide bonds. The first-order valence-corrected chi connectivity index (χ1v) is 9.12. The number of hydrogen-bond donors (Lipinski definition) is 0. The Labute approximate surface area is 132 Å². The summed E-state index contributed by atoms with van der Waals surface area (Å²) in [4.78, 5) is 18.3. The zero-order valence-electron chi connectivity index (χ0n) is 13.4. The Hall–Kier alpha value is -1.41. The van der Waals surface area contributed by atoms with Crippen molar-refractivity contribution in [1.82, 2.24) is 18.8 Å². The highest BCUT2D eigenvalue weighted by Gasteiger charge is 2.45. The quantitative estimate of drug-likeness (QED) is 0.789. The molecule has 0 N–H and O–H groups in total. The van der Waals surface area contributed by atoms with Crippen molar-refractivity contribution in [2.24, 2.45) is 0 Å². The zero-order valence-corrected chi connectivity index (χ0v) is 14.2. The minimum Gasteiger partial charge on any atom is -0.347 e. The van der Waals surface area contributed by atoms with E-state index in [1.165, 1.54) is 4.31 Å². The molecule has 1 aromatic heterocycles. The molecular weight excluding hydrogens is 304 g/mol. The monoisotopic (exact) mass is 328 g/mol. The van der Waals surface area contributed by atoms with Gasteiger partial charge in [-0.2, -0.15) is 0 Å². The van der Waals surface area contributed by atoms with Crippen LogP contribution >= 0.6 is 0 Å². The second-order valence-electron chi connectivity index (χ2n) is 5.92. The Morgan fingerprint density at radius 3 is 2.41 bits per heavy atom. The number of rotatable bonds is 5. The number of nitrogens with zero attached hydrogens (tertiary/aromatic N) is 4. The van der Waals surface area contributed by atoms with Gasteiger partial charge in [-0.15, -0.1) is 0 Å². The molecular formula is C14H24N4O3S. The van der Waals surface area contributed by atoms with E-state index >= 15 is 0 Å². The third-order valence-electron chi connectivity index (χ3n) is 4.21. The van der Waals surface area contributed by atoms with Crippen LogP contribution < -0.4 is 0 Å². The molecule has 22 heavy (non-hydrogen) atoms. The molecule has 0 aromatic carbocycles. The van der Waals surface area contributed by atoms with Gasteiger partial charge in [0, 0.05) is 39.6 Å². The van der Waals surface area contributed by atoms with Crippen molar-refractivity contribution in [2.75, 3.05) is 32.9 Å². The van der Waals surface area contributed by atoms with Gasteiger partial charge in [0.2, 0.25) is 15.9 Å². The van der Waals surface area contributed by atoms with E-state index in [0.29, 0.717) is 32.4 Å². The van der Waals surface area contributed by atoms with Crippen LogP contribution in [0.1, 0.15) is 26.2 Å². The van der Waals surface area contributed by atoms with Crippen LogP contribution in [0.3, 0.4) is 0 Å². The molecule has 124 valence electrons. The molecule has 2 rings (SSSR count). The summed E-state index contributed by atoms with van der Waals surface area (Å²) in [5.74, 6) is 0.144. The second-order valence-corrected chi connectivity index (χ2v) is 8.00. The van der Waals surface area contributed by atoms with Crippen molar-refractivity contribution in [3.05, 3.63) is 18.7 Å². The van der Waals surface area contributed by atoms with Gasteiger partial charge < -0.3 is 9.47 Å². The Bertz CT molecular complexity index is 602. The van der Waals surface area contributed by atoms with Gasteiger partial charge in [-0.25, -0.2) is 17.7 Å². The number of aromatic nitrogens is 2. The van der Waals surface area contributed by atoms with Gasteiger partial charge in [0.25, 0.3) is 0 Å². The van der Waals surface area contributed by atoms with Crippen molar-refractivity contribution < 1.29 is 13.2 Å². The van der Waals surface area contributed by atoms with E-state index in [-0.39, 0.29) is 11.7 Å². The minimum absolute atomic E-state index is 0.0157. The van der Waals surface area contributed by atoms with Crippen LogP contribution in [0, 0.1) is 0 Å². The first-order valence-electron chi connectivity index (χ1n) is 7.51. The maximum Gasteiger partial charge on any atom is 0.248 e. The molecule has 0 spiro atoms. The maximum absolute atomic E-state index is 12.7. The summed E-state index contributed by atoms with van der Waals surface area (Å²) < 4.78 is 27.7. The highest BCUT2D eigenvalue weighted by atomic mass is 32.2. The SMILES string of the molecule is CCCS(=O)(=O)N1CCC(C(=O)N(C)C)(n2ccnc2)CC1. The molecule has 0 atom stereocenters. The number of amides is 1. The van der Waals surface area contributed by atoms with E-state index in [2.05, 4.69) is 4.98 Å². The predicted molar refractivity (Wildman–Crippen MR) is 83.8 cm³/mol. The van der Waals surface area contributed by atoms with Crippen molar-refractivity contribution in [2.45, 2.75) is 31.7 Å². The fourth-order valence-electron chi connectivity index (χ4n) is 3.03.